The van der Waals surface area contributed by atoms with Crippen molar-refractivity contribution in [3.63, 3.8) is 0 Å². The summed E-state index contributed by atoms with van der Waals surface area (Å²) in [6.07, 6.45) is 13.2. The number of aryl methyl sites for hydroxylation is 6. The molecule has 0 radical (unpaired) electrons. The number of hydrogen-bond acceptors (Lipinski definition) is 3. The van der Waals surface area contributed by atoms with E-state index in [4.69, 9.17) is 14.2 Å². The third-order valence-electron chi connectivity index (χ3n) is 16.0. The van der Waals surface area contributed by atoms with Gasteiger partial charge >= 0.3 is 0 Å². The molecule has 0 fully saturated rings. The van der Waals surface area contributed by atoms with Crippen LogP contribution in [-0.2, 0) is 37.5 Å². The second kappa shape index (κ2) is 21.7. The van der Waals surface area contributed by atoms with Crippen molar-refractivity contribution in [3.8, 4) is 34.5 Å². The lowest BCUT2D eigenvalue weighted by Crippen LogP contribution is -2.35. The van der Waals surface area contributed by atoms with Crippen molar-refractivity contribution in [2.45, 2.75) is 200 Å². The molecule has 3 heterocycles. The van der Waals surface area contributed by atoms with E-state index in [-0.39, 0.29) is 16.2 Å². The average Bonchev–Trinajstić information content (AvgIpc) is 3.41. The molecular formula is C71H92O3P2. The molecule has 0 aromatic heterocycles. The highest BCUT2D eigenvalue weighted by Crippen LogP contribution is 2.57. The number of benzene rings is 6. The van der Waals surface area contributed by atoms with Gasteiger partial charge in [0, 0.05) is 48.4 Å². The van der Waals surface area contributed by atoms with E-state index in [1.54, 1.807) is 0 Å². The number of hydrogen-bond donors (Lipinski definition) is 0. The maximum atomic E-state index is 8.04. The summed E-state index contributed by atoms with van der Waals surface area (Å²) < 4.78 is 22.1. The highest BCUT2D eigenvalue weighted by molar-refractivity contribution is 7.81. The van der Waals surface area contributed by atoms with Gasteiger partial charge in [-0.2, -0.15) is 0 Å². The summed E-state index contributed by atoms with van der Waals surface area (Å²) in [6.45, 7) is 40.3. The minimum atomic E-state index is -1.11. The van der Waals surface area contributed by atoms with Gasteiger partial charge in [0.2, 0.25) is 0 Å². The first-order valence-electron chi connectivity index (χ1n) is 29.1. The van der Waals surface area contributed by atoms with E-state index in [0.717, 1.165) is 98.7 Å². The summed E-state index contributed by atoms with van der Waals surface area (Å²) in [5.74, 6) is 6.59. The first-order valence-corrected chi connectivity index (χ1v) is 31.8. The molecule has 404 valence electrons. The van der Waals surface area contributed by atoms with Crippen molar-refractivity contribution in [1.82, 2.24) is 0 Å². The maximum absolute atomic E-state index is 8.04. The van der Waals surface area contributed by atoms with Gasteiger partial charge in [0.1, 0.15) is 34.5 Å². The molecule has 3 nitrogen and oxygen atoms in total. The number of rotatable bonds is 15. The number of ether oxygens (including phenoxy) is 3. The summed E-state index contributed by atoms with van der Waals surface area (Å²) in [6, 6.07) is 38.4. The second-order valence-electron chi connectivity index (χ2n) is 28.8. The fraction of sp³-hybridized carbons (Fsp3) is 0.493. The summed E-state index contributed by atoms with van der Waals surface area (Å²) in [7, 11) is -2.21. The molecule has 5 heteroatoms. The largest absolute Gasteiger partial charge is 0.456 e. The fourth-order valence-corrected chi connectivity index (χ4v) is 16.8. The fourth-order valence-electron chi connectivity index (χ4n) is 11.4. The first kappa shape index (κ1) is 56.3. The Balaban J connectivity index is 1.27. The lowest BCUT2D eigenvalue weighted by Gasteiger charge is -2.40. The molecule has 0 saturated heterocycles. The van der Waals surface area contributed by atoms with Crippen LogP contribution in [0.5, 0.6) is 34.5 Å². The van der Waals surface area contributed by atoms with E-state index in [9.17, 15) is 0 Å². The van der Waals surface area contributed by atoms with Crippen molar-refractivity contribution in [2.75, 3.05) is 0 Å². The molecule has 3 aliphatic rings. The average molecular weight is 1060 g/mol. The molecule has 0 saturated carbocycles. The van der Waals surface area contributed by atoms with Gasteiger partial charge in [-0.25, -0.2) is 0 Å². The molecule has 3 aliphatic heterocycles. The van der Waals surface area contributed by atoms with Crippen molar-refractivity contribution in [1.29, 1.82) is 0 Å². The summed E-state index contributed by atoms with van der Waals surface area (Å²) in [5.41, 5.74) is 11.4. The van der Waals surface area contributed by atoms with Crippen LogP contribution in [0.4, 0.5) is 0 Å². The third kappa shape index (κ3) is 13.0. The molecule has 0 aliphatic carbocycles. The van der Waals surface area contributed by atoms with Crippen LogP contribution >= 0.6 is 15.8 Å². The van der Waals surface area contributed by atoms with Crippen LogP contribution in [0.3, 0.4) is 0 Å². The second-order valence-corrected chi connectivity index (χ2v) is 33.1. The standard InChI is InChI=1S/C71H92O3P2/c1-46(2)22-23-50-26-30-57-61(43-50)76(60-42-49(25-29-56(60)73-57)21-19-35-68(7,8)9)64-45-52(33-37-70(13,14)15)40-54-66(64)74-65-53(71(54,16)17)38-47(3)39-63(65)75-59-41-48(20-18-34-67(4,5)6)24-28-55(59)72-58-31-27-51(44-62(58)75)32-36-69(10,11)12/h24-31,38-46H,18-23,32-37H2,1-17H3. The molecule has 2 unspecified atom stereocenters. The summed E-state index contributed by atoms with van der Waals surface area (Å²) in [5, 5.41) is 7.80. The maximum Gasteiger partial charge on any atom is 0.139 e. The molecule has 0 amide bonds. The molecule has 76 heavy (non-hydrogen) atoms. The van der Waals surface area contributed by atoms with E-state index >= 15 is 0 Å². The van der Waals surface area contributed by atoms with Crippen LogP contribution in [0.2, 0.25) is 0 Å². The lowest BCUT2D eigenvalue weighted by molar-refractivity contribution is 0.365. The Labute approximate surface area is 463 Å². The van der Waals surface area contributed by atoms with E-state index in [1.165, 1.54) is 89.2 Å². The molecule has 6 aromatic rings. The van der Waals surface area contributed by atoms with E-state index < -0.39 is 15.8 Å². The minimum Gasteiger partial charge on any atom is -0.456 e. The Hall–Kier alpha value is -4.42. The van der Waals surface area contributed by atoms with Gasteiger partial charge in [-0.3, -0.25) is 0 Å². The summed E-state index contributed by atoms with van der Waals surface area (Å²) >= 11 is 0. The molecule has 2 atom stereocenters. The highest BCUT2D eigenvalue weighted by atomic mass is 31.1. The van der Waals surface area contributed by atoms with Crippen LogP contribution in [0.15, 0.2) is 97.1 Å². The van der Waals surface area contributed by atoms with Gasteiger partial charge in [-0.15, -0.1) is 0 Å². The first-order chi connectivity index (χ1) is 35.6. The van der Waals surface area contributed by atoms with Gasteiger partial charge < -0.3 is 14.2 Å². The normalized spacial score (nSPS) is 16.6. The lowest BCUT2D eigenvalue weighted by atomic mass is 9.74. The van der Waals surface area contributed by atoms with Gasteiger partial charge in [0.15, 0.2) is 0 Å². The van der Waals surface area contributed by atoms with Crippen molar-refractivity contribution < 1.29 is 14.2 Å². The highest BCUT2D eigenvalue weighted by Gasteiger charge is 2.43. The quantitative estimate of drug-likeness (QED) is 0.0958. The molecule has 0 bridgehead atoms. The van der Waals surface area contributed by atoms with Crippen LogP contribution in [0, 0.1) is 34.5 Å². The van der Waals surface area contributed by atoms with Crippen LogP contribution in [0.25, 0.3) is 0 Å². The zero-order valence-corrected chi connectivity index (χ0v) is 51.7. The van der Waals surface area contributed by atoms with Gasteiger partial charge in [-0.05, 0) is 221 Å². The zero-order valence-electron chi connectivity index (χ0n) is 49.9. The predicted octanol–water partition coefficient (Wildman–Crippen LogP) is 18.4. The van der Waals surface area contributed by atoms with Crippen LogP contribution in [0.1, 0.15) is 200 Å². The van der Waals surface area contributed by atoms with Crippen LogP contribution < -0.4 is 46.0 Å². The van der Waals surface area contributed by atoms with E-state index in [0.29, 0.717) is 16.7 Å². The van der Waals surface area contributed by atoms with Crippen molar-refractivity contribution in [2.24, 2.45) is 27.6 Å². The predicted molar refractivity (Wildman–Crippen MR) is 331 cm³/mol. The summed E-state index contributed by atoms with van der Waals surface area (Å²) in [4.78, 5) is 0. The Morgan fingerprint density at radius 3 is 1.16 bits per heavy atom. The molecule has 0 spiro atoms. The Kier molecular flexibility index (Phi) is 16.1. The molecular weight excluding hydrogens is 963 g/mol. The van der Waals surface area contributed by atoms with Crippen LogP contribution in [-0.4, -0.2) is 0 Å². The zero-order chi connectivity index (χ0) is 54.7. The molecule has 0 N–H and O–H groups in total. The van der Waals surface area contributed by atoms with E-state index in [2.05, 4.69) is 215 Å². The van der Waals surface area contributed by atoms with Gasteiger partial charge in [-0.1, -0.05) is 147 Å². The number of fused-ring (bicyclic) bond motifs is 6. The van der Waals surface area contributed by atoms with Gasteiger partial charge in [0.05, 0.1) is 0 Å². The monoisotopic (exact) mass is 1050 g/mol. The third-order valence-corrected chi connectivity index (χ3v) is 20.9. The Morgan fingerprint density at radius 2 is 0.750 bits per heavy atom. The van der Waals surface area contributed by atoms with Crippen molar-refractivity contribution in [3.05, 3.63) is 142 Å². The SMILES string of the molecule is Cc1cc(P2c3cc(CCCC(C)(C)C)ccc3Oc3ccc(CCC(C)(C)C)cc32)c2c(c1)C(C)(C)c1cc(CCC(C)(C)C)cc(P3c4cc(CCCC(C)(C)C)ccc4Oc4ccc(CCC(C)C)cc43)c1O2. The molecule has 6 aromatic carbocycles. The topological polar surface area (TPSA) is 27.7 Å². The Morgan fingerprint density at radius 1 is 0.395 bits per heavy atom. The minimum absolute atomic E-state index is 0.189. The smallest absolute Gasteiger partial charge is 0.139 e. The van der Waals surface area contributed by atoms with E-state index in [1.807, 2.05) is 0 Å². The van der Waals surface area contributed by atoms with Crippen molar-refractivity contribution >= 4 is 47.7 Å². The van der Waals surface area contributed by atoms with Gasteiger partial charge in [0.25, 0.3) is 0 Å². The molecule has 9 rings (SSSR count). The Bertz CT molecular complexity index is 3090.